The highest BCUT2D eigenvalue weighted by Crippen LogP contribution is 2.17. The van der Waals surface area contributed by atoms with Crippen LogP contribution in [0, 0.1) is 6.92 Å². The quantitative estimate of drug-likeness (QED) is 0.743. The molecule has 0 amide bonds. The maximum absolute atomic E-state index is 12.6. The van der Waals surface area contributed by atoms with Crippen LogP contribution in [0.3, 0.4) is 0 Å². The van der Waals surface area contributed by atoms with Crippen LogP contribution >= 0.6 is 24.0 Å². The fourth-order valence-electron chi connectivity index (χ4n) is 2.11. The highest BCUT2D eigenvalue weighted by Gasteiger charge is 2.24. The number of halogens is 2. The van der Waals surface area contributed by atoms with E-state index < -0.39 is 19.8 Å². The molecule has 22 heavy (non-hydrogen) atoms. The van der Waals surface area contributed by atoms with Crippen molar-refractivity contribution in [1.29, 1.82) is 0 Å². The molecule has 0 aromatic heterocycles. The van der Waals surface area contributed by atoms with Gasteiger partial charge in [0.15, 0.2) is 0 Å². The fourth-order valence-corrected chi connectivity index (χ4v) is 6.49. The molecular weight excluding hydrogens is 367 g/mol. The van der Waals surface area contributed by atoms with Crippen molar-refractivity contribution in [3.8, 4) is 0 Å². The summed E-state index contributed by atoms with van der Waals surface area (Å²) in [6.07, 6.45) is 0. The lowest BCUT2D eigenvalue weighted by molar-refractivity contribution is 0.317. The van der Waals surface area contributed by atoms with E-state index in [0.29, 0.717) is 19.0 Å². The third kappa shape index (κ3) is 5.09. The Morgan fingerprint density at radius 3 is 2.27 bits per heavy atom. The number of benzene rings is 1. The van der Waals surface area contributed by atoms with Crippen LogP contribution in [0.5, 0.6) is 0 Å². The van der Waals surface area contributed by atoms with Crippen molar-refractivity contribution in [3.63, 3.8) is 0 Å². The van der Waals surface area contributed by atoms with Gasteiger partial charge in [0.05, 0.1) is 14.6 Å². The van der Waals surface area contributed by atoms with Crippen molar-refractivity contribution in [3.05, 3.63) is 29.8 Å². The third-order valence-electron chi connectivity index (χ3n) is 3.41. The molecule has 1 heterocycles. The molecular formula is C13H20Cl2N2O3S2. The molecule has 1 fully saturated rings. The maximum atomic E-state index is 12.6. The minimum atomic E-state index is -3.86. The number of alkyl halides is 1. The van der Waals surface area contributed by atoms with Gasteiger partial charge in [0.1, 0.15) is 0 Å². The first-order valence-corrected chi connectivity index (χ1v) is 10.5. The van der Waals surface area contributed by atoms with Crippen molar-refractivity contribution in [2.24, 2.45) is 3.77 Å². The zero-order valence-electron chi connectivity index (χ0n) is 12.3. The van der Waals surface area contributed by atoms with Crippen LogP contribution < -0.4 is 0 Å². The Hall–Kier alpha value is -0.340. The number of hydrogen-bond acceptors (Lipinski definition) is 4. The molecule has 1 aliphatic rings. The van der Waals surface area contributed by atoms with Gasteiger partial charge in [0.25, 0.3) is 10.0 Å². The van der Waals surface area contributed by atoms with E-state index >= 15 is 0 Å². The molecule has 9 heteroatoms. The minimum absolute atomic E-state index is 0. The Bertz CT molecular complexity index is 697. The monoisotopic (exact) mass is 386 g/mol. The predicted molar refractivity (Wildman–Crippen MR) is 93.1 cm³/mol. The number of rotatable bonds is 4. The molecule has 0 spiro atoms. The van der Waals surface area contributed by atoms with Crippen LogP contribution in [0.4, 0.5) is 0 Å². The normalized spacial score (nSPS) is 18.5. The molecule has 0 aliphatic carbocycles. The number of sulfonamides is 1. The van der Waals surface area contributed by atoms with E-state index in [-0.39, 0.29) is 28.8 Å². The lowest BCUT2D eigenvalue weighted by Gasteiger charge is -2.27. The summed E-state index contributed by atoms with van der Waals surface area (Å²) in [5.41, 5.74) is 0.965. The summed E-state index contributed by atoms with van der Waals surface area (Å²) in [4.78, 5) is 2.17. The molecule has 0 radical (unpaired) electrons. The molecule has 1 aromatic carbocycles. The zero-order valence-corrected chi connectivity index (χ0v) is 15.5. The maximum Gasteiger partial charge on any atom is 0.290 e. The average molecular weight is 387 g/mol. The average Bonchev–Trinajstić information content (AvgIpc) is 2.42. The summed E-state index contributed by atoms with van der Waals surface area (Å²) in [6.45, 7) is 3.74. The van der Waals surface area contributed by atoms with Crippen LogP contribution in [-0.2, 0) is 19.8 Å². The highest BCUT2D eigenvalue weighted by molar-refractivity contribution is 8.03. The molecule has 1 saturated heterocycles. The molecule has 126 valence electrons. The SMILES string of the molecule is Cc1ccc(S(=O)(=O)N=S2(=O)CCN(CCCl)CC2)cc1.Cl. The number of aryl methyl sites for hydroxylation is 1. The van der Waals surface area contributed by atoms with Gasteiger partial charge in [-0.2, -0.15) is 8.42 Å². The molecule has 1 aromatic rings. The summed E-state index contributed by atoms with van der Waals surface area (Å²) < 4.78 is 40.8. The molecule has 0 atom stereocenters. The van der Waals surface area contributed by atoms with Gasteiger partial charge in [-0.25, -0.2) is 4.21 Å². The molecule has 0 unspecified atom stereocenters. The summed E-state index contributed by atoms with van der Waals surface area (Å²) in [5, 5.41) is 0. The largest absolute Gasteiger partial charge is 0.300 e. The summed E-state index contributed by atoms with van der Waals surface area (Å²) in [7, 11) is -6.57. The summed E-state index contributed by atoms with van der Waals surface area (Å²) >= 11 is 5.67. The highest BCUT2D eigenvalue weighted by atomic mass is 35.5. The molecule has 2 rings (SSSR count). The zero-order chi connectivity index (χ0) is 15.5. The second-order valence-corrected chi connectivity index (χ2v) is 9.83. The van der Waals surface area contributed by atoms with E-state index in [1.165, 1.54) is 12.1 Å². The smallest absolute Gasteiger partial charge is 0.290 e. The van der Waals surface area contributed by atoms with E-state index in [1.807, 2.05) is 6.92 Å². The van der Waals surface area contributed by atoms with Crippen molar-refractivity contribution in [1.82, 2.24) is 4.90 Å². The molecule has 0 bridgehead atoms. The van der Waals surface area contributed by atoms with Gasteiger partial charge in [-0.3, -0.25) is 0 Å². The van der Waals surface area contributed by atoms with E-state index in [4.69, 9.17) is 11.6 Å². The van der Waals surface area contributed by atoms with Gasteiger partial charge in [-0.15, -0.1) is 27.8 Å². The standard InChI is InChI=1S/C13H19ClN2O3S2.ClH/c1-12-2-4-13(5-3-12)21(18,19)15-20(17)10-8-16(7-6-14)9-11-20;/h2-5H,6-11H2,1H3;1H. The number of nitrogens with zero attached hydrogens (tertiary/aromatic N) is 2. The van der Waals surface area contributed by atoms with Gasteiger partial charge in [-0.05, 0) is 19.1 Å². The van der Waals surface area contributed by atoms with E-state index in [0.717, 1.165) is 12.1 Å². The van der Waals surface area contributed by atoms with Crippen LogP contribution in [0.15, 0.2) is 32.9 Å². The lowest BCUT2D eigenvalue weighted by atomic mass is 10.2. The van der Waals surface area contributed by atoms with Gasteiger partial charge < -0.3 is 4.90 Å². The van der Waals surface area contributed by atoms with Gasteiger partial charge >= 0.3 is 0 Å². The van der Waals surface area contributed by atoms with Gasteiger partial charge in [0.2, 0.25) is 0 Å². The Balaban J connectivity index is 0.00000242. The molecule has 1 aliphatic heterocycles. The third-order valence-corrected chi connectivity index (χ3v) is 7.96. The first-order chi connectivity index (χ1) is 9.85. The van der Waals surface area contributed by atoms with Crippen LogP contribution in [0.1, 0.15) is 5.56 Å². The minimum Gasteiger partial charge on any atom is -0.300 e. The van der Waals surface area contributed by atoms with Gasteiger partial charge in [0, 0.05) is 37.0 Å². The van der Waals surface area contributed by atoms with Crippen LogP contribution in [0.2, 0.25) is 0 Å². The lowest BCUT2D eigenvalue weighted by Crippen LogP contribution is -2.41. The van der Waals surface area contributed by atoms with E-state index in [2.05, 4.69) is 8.67 Å². The van der Waals surface area contributed by atoms with E-state index in [9.17, 15) is 12.6 Å². The van der Waals surface area contributed by atoms with Crippen LogP contribution in [-0.4, -0.2) is 54.5 Å². The summed E-state index contributed by atoms with van der Waals surface area (Å²) in [6, 6.07) is 6.41. The van der Waals surface area contributed by atoms with E-state index in [1.54, 1.807) is 12.1 Å². The summed E-state index contributed by atoms with van der Waals surface area (Å²) in [5.74, 6) is 1.06. The topological polar surface area (TPSA) is 66.8 Å². The fraction of sp³-hybridized carbons (Fsp3) is 0.538. The predicted octanol–water partition coefficient (Wildman–Crippen LogP) is 2.13. The van der Waals surface area contributed by atoms with Crippen LogP contribution in [0.25, 0.3) is 0 Å². The first-order valence-electron chi connectivity index (χ1n) is 6.68. The van der Waals surface area contributed by atoms with Gasteiger partial charge in [-0.1, -0.05) is 17.7 Å². The van der Waals surface area contributed by atoms with Crippen molar-refractivity contribution in [2.45, 2.75) is 11.8 Å². The second-order valence-electron chi connectivity index (χ2n) is 5.07. The molecule has 0 saturated carbocycles. The van der Waals surface area contributed by atoms with Crippen molar-refractivity contribution >= 4 is 43.8 Å². The Morgan fingerprint density at radius 2 is 1.77 bits per heavy atom. The Labute approximate surface area is 143 Å². The Kier molecular flexibility index (Phi) is 7.14. The molecule has 5 nitrogen and oxygen atoms in total. The second kappa shape index (κ2) is 7.97. The number of hydrogen-bond donors (Lipinski definition) is 0. The Morgan fingerprint density at radius 1 is 1.23 bits per heavy atom. The van der Waals surface area contributed by atoms with Crippen molar-refractivity contribution < 1.29 is 12.6 Å². The first kappa shape index (κ1) is 19.7. The molecule has 0 N–H and O–H groups in total. The van der Waals surface area contributed by atoms with Crippen molar-refractivity contribution in [2.75, 3.05) is 37.0 Å².